The van der Waals surface area contributed by atoms with E-state index in [-0.39, 0.29) is 24.4 Å². The maximum Gasteiger partial charge on any atom is 0.222 e. The molecule has 0 radical (unpaired) electrons. The van der Waals surface area contributed by atoms with Crippen molar-refractivity contribution in [1.29, 1.82) is 0 Å². The van der Waals surface area contributed by atoms with E-state index >= 15 is 0 Å². The topological polar surface area (TPSA) is 53.0 Å². The van der Waals surface area contributed by atoms with Crippen molar-refractivity contribution in [3.05, 3.63) is 29.6 Å². The lowest BCUT2D eigenvalue weighted by Gasteiger charge is -2.35. The Morgan fingerprint density at radius 3 is 2.54 bits per heavy atom. The summed E-state index contributed by atoms with van der Waals surface area (Å²) in [4.78, 5) is 15.8. The second-order valence-electron chi connectivity index (χ2n) is 7.93. The highest BCUT2D eigenvalue weighted by molar-refractivity contribution is 5.75. The molecule has 2 heterocycles. The standard InChI is InChI=1S/C22H33FN2O3/c1-2-21(27)25-13-8-19(9-14-25)28-15-10-17-6-11-24(12-7-17)20-5-3-4-18(16-26)22(20)23/h3-5,17,19,26H,2,6-16H2,1H3. The second kappa shape index (κ2) is 10.2. The van der Waals surface area contributed by atoms with Crippen LogP contribution < -0.4 is 4.90 Å². The smallest absolute Gasteiger partial charge is 0.222 e. The van der Waals surface area contributed by atoms with Crippen LogP contribution in [0.15, 0.2) is 18.2 Å². The molecule has 5 nitrogen and oxygen atoms in total. The second-order valence-corrected chi connectivity index (χ2v) is 7.93. The highest BCUT2D eigenvalue weighted by Gasteiger charge is 2.24. The Hall–Kier alpha value is -1.66. The third-order valence-corrected chi connectivity index (χ3v) is 6.16. The summed E-state index contributed by atoms with van der Waals surface area (Å²) in [5.74, 6) is 0.563. The molecule has 0 bridgehead atoms. The summed E-state index contributed by atoms with van der Waals surface area (Å²) in [5.41, 5.74) is 0.967. The summed E-state index contributed by atoms with van der Waals surface area (Å²) in [5, 5.41) is 9.25. The molecule has 156 valence electrons. The van der Waals surface area contributed by atoms with Gasteiger partial charge in [0.25, 0.3) is 0 Å². The molecule has 1 aromatic rings. The van der Waals surface area contributed by atoms with Crippen molar-refractivity contribution < 1.29 is 19.0 Å². The average molecular weight is 393 g/mol. The number of halogens is 1. The Bertz CT molecular complexity index is 639. The van der Waals surface area contributed by atoms with Crippen molar-refractivity contribution in [3.63, 3.8) is 0 Å². The Labute approximate surface area is 167 Å². The number of rotatable bonds is 7. The van der Waals surface area contributed by atoms with Crippen molar-refractivity contribution in [2.75, 3.05) is 37.7 Å². The van der Waals surface area contributed by atoms with Gasteiger partial charge in [0.2, 0.25) is 5.91 Å². The fraction of sp³-hybridized carbons (Fsp3) is 0.682. The van der Waals surface area contributed by atoms with Crippen LogP contribution in [-0.2, 0) is 16.1 Å². The van der Waals surface area contributed by atoms with Crippen LogP contribution in [0.2, 0.25) is 0 Å². The molecule has 3 rings (SSSR count). The third kappa shape index (κ3) is 5.23. The first-order valence-corrected chi connectivity index (χ1v) is 10.6. The summed E-state index contributed by atoms with van der Waals surface area (Å²) in [6.07, 6.45) is 5.84. The van der Waals surface area contributed by atoms with Gasteiger partial charge in [0.15, 0.2) is 5.82 Å². The number of aliphatic hydroxyl groups is 1. The maximum absolute atomic E-state index is 14.4. The van der Waals surface area contributed by atoms with Crippen molar-refractivity contribution in [1.82, 2.24) is 4.90 Å². The Kier molecular flexibility index (Phi) is 7.68. The van der Waals surface area contributed by atoms with Gasteiger partial charge in [0, 0.05) is 44.8 Å². The predicted molar refractivity (Wildman–Crippen MR) is 108 cm³/mol. The van der Waals surface area contributed by atoms with Gasteiger partial charge in [0.05, 0.1) is 18.4 Å². The molecule has 6 heteroatoms. The van der Waals surface area contributed by atoms with Gasteiger partial charge in [-0.3, -0.25) is 4.79 Å². The normalized spacial score (nSPS) is 19.2. The van der Waals surface area contributed by atoms with E-state index in [1.807, 2.05) is 17.9 Å². The summed E-state index contributed by atoms with van der Waals surface area (Å²) >= 11 is 0. The summed E-state index contributed by atoms with van der Waals surface area (Å²) in [7, 11) is 0. The number of piperidine rings is 2. The minimum atomic E-state index is -0.292. The van der Waals surface area contributed by atoms with Gasteiger partial charge in [-0.15, -0.1) is 0 Å². The van der Waals surface area contributed by atoms with Crippen LogP contribution in [0.25, 0.3) is 0 Å². The van der Waals surface area contributed by atoms with Crippen LogP contribution in [-0.4, -0.2) is 54.8 Å². The SMILES string of the molecule is CCC(=O)N1CCC(OCCC2CCN(c3cccc(CO)c3F)CC2)CC1. The van der Waals surface area contributed by atoms with Crippen LogP contribution in [0.1, 0.15) is 51.0 Å². The molecule has 28 heavy (non-hydrogen) atoms. The number of nitrogens with zero attached hydrogens (tertiary/aromatic N) is 2. The minimum Gasteiger partial charge on any atom is -0.392 e. The number of hydrogen-bond acceptors (Lipinski definition) is 4. The van der Waals surface area contributed by atoms with Crippen LogP contribution in [0.5, 0.6) is 0 Å². The molecule has 1 N–H and O–H groups in total. The lowest BCUT2D eigenvalue weighted by molar-refractivity contribution is -0.133. The van der Waals surface area contributed by atoms with Crippen molar-refractivity contribution in [3.8, 4) is 0 Å². The molecule has 2 saturated heterocycles. The van der Waals surface area contributed by atoms with E-state index in [1.54, 1.807) is 12.1 Å². The van der Waals surface area contributed by atoms with Gasteiger partial charge in [-0.2, -0.15) is 0 Å². The number of carbonyl (C=O) groups is 1. The minimum absolute atomic E-state index is 0.242. The van der Waals surface area contributed by atoms with E-state index in [2.05, 4.69) is 4.90 Å². The first kappa shape index (κ1) is 21.1. The summed E-state index contributed by atoms with van der Waals surface area (Å²) in [6.45, 7) is 5.72. The highest BCUT2D eigenvalue weighted by Crippen LogP contribution is 2.29. The fourth-order valence-corrected chi connectivity index (χ4v) is 4.29. The number of hydrogen-bond donors (Lipinski definition) is 1. The van der Waals surface area contributed by atoms with Crippen molar-refractivity contribution >= 4 is 11.6 Å². The summed E-state index contributed by atoms with van der Waals surface area (Å²) in [6, 6.07) is 5.24. The quantitative estimate of drug-likeness (QED) is 0.773. The fourth-order valence-electron chi connectivity index (χ4n) is 4.29. The van der Waals surface area contributed by atoms with Crippen LogP contribution >= 0.6 is 0 Å². The third-order valence-electron chi connectivity index (χ3n) is 6.16. The number of benzene rings is 1. The molecule has 0 aromatic heterocycles. The molecule has 0 atom stereocenters. The molecule has 2 fully saturated rings. The van der Waals surface area contributed by atoms with E-state index in [4.69, 9.17) is 4.74 Å². The molecule has 0 unspecified atom stereocenters. The zero-order valence-corrected chi connectivity index (χ0v) is 16.9. The van der Waals surface area contributed by atoms with E-state index in [1.165, 1.54) is 0 Å². The number of amides is 1. The van der Waals surface area contributed by atoms with E-state index in [0.29, 0.717) is 23.6 Å². The van der Waals surface area contributed by atoms with Gasteiger partial charge in [-0.25, -0.2) is 4.39 Å². The number of aliphatic hydroxyl groups excluding tert-OH is 1. The van der Waals surface area contributed by atoms with E-state index in [0.717, 1.165) is 64.9 Å². The number of carbonyl (C=O) groups excluding carboxylic acids is 1. The number of likely N-dealkylation sites (tertiary alicyclic amines) is 1. The van der Waals surface area contributed by atoms with Gasteiger partial charge in [-0.05, 0) is 44.1 Å². The lowest BCUT2D eigenvalue weighted by Crippen LogP contribution is -2.40. The zero-order chi connectivity index (χ0) is 19.9. The monoisotopic (exact) mass is 392 g/mol. The predicted octanol–water partition coefficient (Wildman–Crippen LogP) is 3.34. The van der Waals surface area contributed by atoms with Gasteiger partial charge in [0.1, 0.15) is 0 Å². The largest absolute Gasteiger partial charge is 0.392 e. The molecule has 2 aliphatic heterocycles. The molecular formula is C22H33FN2O3. The van der Waals surface area contributed by atoms with Crippen molar-refractivity contribution in [2.24, 2.45) is 5.92 Å². The molecule has 0 spiro atoms. The Balaban J connectivity index is 1.36. The van der Waals surface area contributed by atoms with E-state index in [9.17, 15) is 14.3 Å². The molecule has 1 aromatic carbocycles. The Morgan fingerprint density at radius 1 is 1.18 bits per heavy atom. The first-order chi connectivity index (χ1) is 13.6. The molecule has 1 amide bonds. The first-order valence-electron chi connectivity index (χ1n) is 10.6. The van der Waals surface area contributed by atoms with Gasteiger partial charge >= 0.3 is 0 Å². The molecular weight excluding hydrogens is 359 g/mol. The molecule has 0 saturated carbocycles. The Morgan fingerprint density at radius 2 is 1.89 bits per heavy atom. The number of anilines is 1. The lowest BCUT2D eigenvalue weighted by atomic mass is 9.93. The van der Waals surface area contributed by atoms with E-state index < -0.39 is 0 Å². The maximum atomic E-state index is 14.4. The summed E-state index contributed by atoms with van der Waals surface area (Å²) < 4.78 is 20.5. The van der Waals surface area contributed by atoms with Crippen LogP contribution in [0.4, 0.5) is 10.1 Å². The number of ether oxygens (including phenoxy) is 1. The van der Waals surface area contributed by atoms with Crippen molar-refractivity contribution in [2.45, 2.75) is 58.2 Å². The average Bonchev–Trinajstić information content (AvgIpc) is 2.74. The van der Waals surface area contributed by atoms with Gasteiger partial charge in [-0.1, -0.05) is 19.1 Å². The zero-order valence-electron chi connectivity index (χ0n) is 16.9. The molecule has 0 aliphatic carbocycles. The highest BCUT2D eigenvalue weighted by atomic mass is 19.1. The van der Waals surface area contributed by atoms with Crippen LogP contribution in [0.3, 0.4) is 0 Å². The van der Waals surface area contributed by atoms with Gasteiger partial charge < -0.3 is 19.6 Å². The van der Waals surface area contributed by atoms with Crippen LogP contribution in [0, 0.1) is 11.7 Å². The molecule has 2 aliphatic rings.